The summed E-state index contributed by atoms with van der Waals surface area (Å²) >= 11 is 1.60. The predicted molar refractivity (Wildman–Crippen MR) is 93.5 cm³/mol. The summed E-state index contributed by atoms with van der Waals surface area (Å²) in [6, 6.07) is 3.96. The molecular weight excluding hydrogens is 324 g/mol. The van der Waals surface area contributed by atoms with Gasteiger partial charge in [-0.25, -0.2) is 0 Å². The van der Waals surface area contributed by atoms with Crippen LogP contribution in [0, 0.1) is 5.92 Å². The maximum Gasteiger partial charge on any atom is 0.241 e. The number of hydrogen-bond acceptors (Lipinski definition) is 6. The maximum atomic E-state index is 12.2. The van der Waals surface area contributed by atoms with E-state index in [1.807, 2.05) is 22.4 Å². The van der Waals surface area contributed by atoms with Crippen LogP contribution in [0.3, 0.4) is 0 Å². The molecule has 0 atom stereocenters. The van der Waals surface area contributed by atoms with Crippen molar-refractivity contribution in [2.45, 2.75) is 33.2 Å². The smallest absolute Gasteiger partial charge is 0.241 e. The Morgan fingerprint density at radius 1 is 1.33 bits per heavy atom. The number of hydrogen-bond donors (Lipinski definition) is 0. The summed E-state index contributed by atoms with van der Waals surface area (Å²) in [4.78, 5) is 21.9. The van der Waals surface area contributed by atoms with Crippen LogP contribution in [-0.2, 0) is 11.3 Å². The summed E-state index contributed by atoms with van der Waals surface area (Å²) in [6.45, 7) is 8.21. The zero-order valence-electron chi connectivity index (χ0n) is 14.3. The molecule has 7 heteroatoms. The van der Waals surface area contributed by atoms with Gasteiger partial charge in [0, 0.05) is 32.6 Å². The third-order valence-corrected chi connectivity index (χ3v) is 5.09. The van der Waals surface area contributed by atoms with Gasteiger partial charge in [0.2, 0.25) is 17.6 Å². The van der Waals surface area contributed by atoms with Crippen LogP contribution in [0.2, 0.25) is 0 Å². The van der Waals surface area contributed by atoms with Crippen LogP contribution in [0.4, 0.5) is 0 Å². The van der Waals surface area contributed by atoms with E-state index in [1.54, 1.807) is 11.3 Å². The van der Waals surface area contributed by atoms with Crippen molar-refractivity contribution in [2.24, 2.45) is 5.92 Å². The van der Waals surface area contributed by atoms with Crippen LogP contribution in [-0.4, -0.2) is 52.0 Å². The van der Waals surface area contributed by atoms with E-state index >= 15 is 0 Å². The van der Waals surface area contributed by atoms with Crippen molar-refractivity contribution in [3.8, 4) is 10.7 Å². The third-order valence-electron chi connectivity index (χ3n) is 4.23. The summed E-state index contributed by atoms with van der Waals surface area (Å²) in [6.07, 6.45) is 1.62. The molecule has 0 radical (unpaired) electrons. The molecule has 0 N–H and O–H groups in total. The van der Waals surface area contributed by atoms with Crippen molar-refractivity contribution in [3.05, 3.63) is 23.4 Å². The minimum atomic E-state index is 0.279. The first-order chi connectivity index (χ1) is 11.6. The van der Waals surface area contributed by atoms with Gasteiger partial charge >= 0.3 is 0 Å². The number of rotatable bonds is 6. The number of amides is 1. The van der Waals surface area contributed by atoms with E-state index in [1.165, 1.54) is 0 Å². The second kappa shape index (κ2) is 7.90. The lowest BCUT2D eigenvalue weighted by Crippen LogP contribution is -2.48. The second-order valence-corrected chi connectivity index (χ2v) is 7.53. The summed E-state index contributed by atoms with van der Waals surface area (Å²) < 4.78 is 5.35. The first-order valence-electron chi connectivity index (χ1n) is 8.48. The van der Waals surface area contributed by atoms with Crippen molar-refractivity contribution in [1.82, 2.24) is 19.9 Å². The highest BCUT2D eigenvalue weighted by atomic mass is 32.1. The zero-order valence-corrected chi connectivity index (χ0v) is 15.1. The molecule has 0 aromatic carbocycles. The highest BCUT2D eigenvalue weighted by Crippen LogP contribution is 2.21. The van der Waals surface area contributed by atoms with E-state index in [0.29, 0.717) is 30.6 Å². The average molecular weight is 348 g/mol. The van der Waals surface area contributed by atoms with Crippen molar-refractivity contribution >= 4 is 17.2 Å². The molecule has 2 aromatic rings. The predicted octanol–water partition coefficient (Wildman–Crippen LogP) is 2.88. The lowest BCUT2D eigenvalue weighted by atomic mass is 10.1. The Morgan fingerprint density at radius 3 is 2.79 bits per heavy atom. The number of thiophene rings is 1. The molecule has 2 aromatic heterocycles. The SMILES string of the molecule is CC(C)CCC(=O)N1CCN(Cc2nc(-c3cccs3)no2)CC1. The van der Waals surface area contributed by atoms with Gasteiger partial charge in [0.05, 0.1) is 11.4 Å². The Balaban J connectivity index is 1.46. The molecule has 3 rings (SSSR count). The minimum Gasteiger partial charge on any atom is -0.340 e. The summed E-state index contributed by atoms with van der Waals surface area (Å²) in [5.41, 5.74) is 0. The van der Waals surface area contributed by atoms with Crippen LogP contribution in [0.1, 0.15) is 32.6 Å². The molecule has 0 unspecified atom stereocenters. The normalized spacial score (nSPS) is 16.0. The van der Waals surface area contributed by atoms with E-state index in [4.69, 9.17) is 4.52 Å². The Labute approximate surface area is 146 Å². The molecule has 1 amide bonds. The van der Waals surface area contributed by atoms with Crippen LogP contribution < -0.4 is 0 Å². The molecule has 1 aliphatic heterocycles. The molecular formula is C17H24N4O2S. The van der Waals surface area contributed by atoms with Crippen LogP contribution in [0.5, 0.6) is 0 Å². The van der Waals surface area contributed by atoms with Crippen LogP contribution in [0.25, 0.3) is 10.7 Å². The summed E-state index contributed by atoms with van der Waals surface area (Å²) in [7, 11) is 0. The zero-order chi connectivity index (χ0) is 16.9. The number of carbonyl (C=O) groups excluding carboxylic acids is 1. The fourth-order valence-electron chi connectivity index (χ4n) is 2.74. The van der Waals surface area contributed by atoms with Gasteiger partial charge in [0.25, 0.3) is 0 Å². The molecule has 0 spiro atoms. The Kier molecular flexibility index (Phi) is 5.63. The Bertz CT molecular complexity index is 645. The maximum absolute atomic E-state index is 12.2. The van der Waals surface area contributed by atoms with E-state index in [0.717, 1.165) is 37.5 Å². The fraction of sp³-hybridized carbons (Fsp3) is 0.588. The molecule has 6 nitrogen and oxygen atoms in total. The fourth-order valence-corrected chi connectivity index (χ4v) is 3.39. The van der Waals surface area contributed by atoms with E-state index in [-0.39, 0.29) is 5.91 Å². The Hall–Kier alpha value is -1.73. The lowest BCUT2D eigenvalue weighted by Gasteiger charge is -2.34. The molecule has 0 aliphatic carbocycles. The third kappa shape index (κ3) is 4.42. The highest BCUT2D eigenvalue weighted by Gasteiger charge is 2.22. The van der Waals surface area contributed by atoms with Gasteiger partial charge in [-0.3, -0.25) is 9.69 Å². The molecule has 1 aliphatic rings. The summed E-state index contributed by atoms with van der Waals surface area (Å²) in [5, 5.41) is 6.04. The highest BCUT2D eigenvalue weighted by molar-refractivity contribution is 7.13. The quantitative estimate of drug-likeness (QED) is 0.803. The molecule has 1 saturated heterocycles. The average Bonchev–Trinajstić information content (AvgIpc) is 3.24. The number of carbonyl (C=O) groups is 1. The van der Waals surface area contributed by atoms with Crippen LogP contribution in [0.15, 0.2) is 22.0 Å². The van der Waals surface area contributed by atoms with Crippen molar-refractivity contribution in [2.75, 3.05) is 26.2 Å². The Morgan fingerprint density at radius 2 is 2.12 bits per heavy atom. The van der Waals surface area contributed by atoms with Gasteiger partial charge in [-0.1, -0.05) is 25.1 Å². The van der Waals surface area contributed by atoms with Crippen molar-refractivity contribution < 1.29 is 9.32 Å². The van der Waals surface area contributed by atoms with Gasteiger partial charge in [0.1, 0.15) is 0 Å². The molecule has 0 bridgehead atoms. The largest absolute Gasteiger partial charge is 0.340 e. The molecule has 1 fully saturated rings. The van der Waals surface area contributed by atoms with Gasteiger partial charge < -0.3 is 9.42 Å². The van der Waals surface area contributed by atoms with Gasteiger partial charge in [-0.2, -0.15) is 4.98 Å². The van der Waals surface area contributed by atoms with Gasteiger partial charge in [0.15, 0.2) is 0 Å². The number of piperazine rings is 1. The minimum absolute atomic E-state index is 0.279. The molecule has 24 heavy (non-hydrogen) atoms. The lowest BCUT2D eigenvalue weighted by molar-refractivity contribution is -0.133. The first-order valence-corrected chi connectivity index (χ1v) is 9.36. The van der Waals surface area contributed by atoms with Gasteiger partial charge in [-0.15, -0.1) is 11.3 Å². The van der Waals surface area contributed by atoms with Gasteiger partial charge in [-0.05, 0) is 23.8 Å². The van der Waals surface area contributed by atoms with Crippen molar-refractivity contribution in [1.29, 1.82) is 0 Å². The molecule has 130 valence electrons. The van der Waals surface area contributed by atoms with Crippen LogP contribution >= 0.6 is 11.3 Å². The van der Waals surface area contributed by atoms with E-state index in [9.17, 15) is 4.79 Å². The standard InChI is InChI=1S/C17H24N4O2S/c1-13(2)5-6-16(22)21-9-7-20(8-10-21)12-15-18-17(19-23-15)14-4-3-11-24-14/h3-4,11,13H,5-10,12H2,1-2H3. The number of aromatic nitrogens is 2. The first kappa shape index (κ1) is 17.1. The summed E-state index contributed by atoms with van der Waals surface area (Å²) in [5.74, 6) is 2.15. The van der Waals surface area contributed by atoms with Crippen molar-refractivity contribution in [3.63, 3.8) is 0 Å². The second-order valence-electron chi connectivity index (χ2n) is 6.58. The topological polar surface area (TPSA) is 62.5 Å². The monoisotopic (exact) mass is 348 g/mol. The number of nitrogens with zero attached hydrogens (tertiary/aromatic N) is 4. The van der Waals surface area contributed by atoms with E-state index < -0.39 is 0 Å². The van der Waals surface area contributed by atoms with E-state index in [2.05, 4.69) is 28.9 Å². The molecule has 0 saturated carbocycles. The molecule has 3 heterocycles.